The van der Waals surface area contributed by atoms with Crippen molar-refractivity contribution >= 4 is 45.8 Å². The van der Waals surface area contributed by atoms with Gasteiger partial charge in [0.25, 0.3) is 5.69 Å². The van der Waals surface area contributed by atoms with Gasteiger partial charge in [0.15, 0.2) is 5.17 Å². The summed E-state index contributed by atoms with van der Waals surface area (Å²) in [5.74, 6) is -1.27. The molecule has 1 saturated heterocycles. The van der Waals surface area contributed by atoms with E-state index in [9.17, 15) is 29.9 Å². The topological polar surface area (TPSA) is 167 Å². The van der Waals surface area contributed by atoms with Gasteiger partial charge in [-0.2, -0.15) is 5.10 Å². The van der Waals surface area contributed by atoms with Crippen LogP contribution in [-0.2, 0) is 9.59 Å². The Morgan fingerprint density at radius 2 is 2.03 bits per heavy atom. The lowest BCUT2D eigenvalue weighted by atomic mass is 10.1. The van der Waals surface area contributed by atoms with Gasteiger partial charge < -0.3 is 20.8 Å². The van der Waals surface area contributed by atoms with Crippen LogP contribution in [0.3, 0.4) is 0 Å². The van der Waals surface area contributed by atoms with Gasteiger partial charge in [-0.15, -0.1) is 5.10 Å². The van der Waals surface area contributed by atoms with Crippen molar-refractivity contribution in [2.45, 2.75) is 18.6 Å². The van der Waals surface area contributed by atoms with Crippen LogP contribution < -0.4 is 10.6 Å². The Morgan fingerprint density at radius 1 is 1.29 bits per heavy atom. The van der Waals surface area contributed by atoms with Crippen LogP contribution >= 0.6 is 11.8 Å². The molecule has 1 unspecified atom stereocenters. The van der Waals surface area contributed by atoms with Crippen molar-refractivity contribution in [1.29, 1.82) is 0 Å². The third-order valence-corrected chi connectivity index (χ3v) is 5.26. The molecule has 0 spiro atoms. The van der Waals surface area contributed by atoms with Crippen LogP contribution in [0.4, 0.5) is 11.4 Å². The first-order valence-corrected chi connectivity index (χ1v) is 9.78. The van der Waals surface area contributed by atoms with E-state index >= 15 is 0 Å². The Kier molecular flexibility index (Phi) is 6.50. The van der Waals surface area contributed by atoms with Gasteiger partial charge in [-0.25, -0.2) is 0 Å². The van der Waals surface area contributed by atoms with Gasteiger partial charge >= 0.3 is 0 Å². The lowest BCUT2D eigenvalue weighted by Crippen LogP contribution is -2.28. The van der Waals surface area contributed by atoms with Crippen LogP contribution in [0.2, 0.25) is 0 Å². The lowest BCUT2D eigenvalue weighted by molar-refractivity contribution is -0.383. The summed E-state index contributed by atoms with van der Waals surface area (Å²) >= 11 is 0.997. The SMILES string of the molecule is CC(=NN=C1NC(=O)C(CC(=O)Nc2ccccc2[N+](=O)[O-])S1)c1ccc(O)cc1O. The van der Waals surface area contributed by atoms with Crippen molar-refractivity contribution in [3.05, 3.63) is 58.1 Å². The summed E-state index contributed by atoms with van der Waals surface area (Å²) in [7, 11) is 0. The largest absolute Gasteiger partial charge is 0.508 e. The summed E-state index contributed by atoms with van der Waals surface area (Å²) in [5, 5.41) is 42.5. The number of phenols is 2. The van der Waals surface area contributed by atoms with E-state index in [0.29, 0.717) is 11.3 Å². The molecule has 2 aromatic rings. The molecule has 1 fully saturated rings. The first kappa shape index (κ1) is 21.8. The van der Waals surface area contributed by atoms with Crippen LogP contribution in [0.5, 0.6) is 11.5 Å². The average molecular weight is 443 g/mol. The highest BCUT2D eigenvalue weighted by molar-refractivity contribution is 8.15. The molecule has 11 nitrogen and oxygen atoms in total. The second-order valence-corrected chi connectivity index (χ2v) is 7.61. The molecule has 2 amide bonds. The van der Waals surface area contributed by atoms with Crippen molar-refractivity contribution in [2.24, 2.45) is 10.2 Å². The third-order valence-electron chi connectivity index (χ3n) is 4.18. The second-order valence-electron chi connectivity index (χ2n) is 6.41. The molecule has 0 aliphatic carbocycles. The van der Waals surface area contributed by atoms with Gasteiger partial charge in [0, 0.05) is 24.1 Å². The molecule has 1 aliphatic heterocycles. The van der Waals surface area contributed by atoms with Crippen LogP contribution in [-0.4, -0.2) is 43.1 Å². The maximum absolute atomic E-state index is 12.3. The van der Waals surface area contributed by atoms with Gasteiger partial charge in [-0.1, -0.05) is 23.9 Å². The van der Waals surface area contributed by atoms with Gasteiger partial charge in [-0.05, 0) is 25.1 Å². The summed E-state index contributed by atoms with van der Waals surface area (Å²) < 4.78 is 0. The number of anilines is 1. The van der Waals surface area contributed by atoms with Gasteiger partial charge in [0.05, 0.1) is 10.6 Å². The minimum absolute atomic E-state index is 0.0451. The Labute approximate surface area is 180 Å². The number of thioether (sulfide) groups is 1. The normalized spacial score (nSPS) is 17.5. The summed E-state index contributed by atoms with van der Waals surface area (Å²) in [6.07, 6.45) is -0.219. The van der Waals surface area contributed by atoms with Crippen molar-refractivity contribution in [2.75, 3.05) is 5.32 Å². The van der Waals surface area contributed by atoms with E-state index in [4.69, 9.17) is 0 Å². The van der Waals surface area contributed by atoms with Gasteiger partial charge in [-0.3, -0.25) is 19.7 Å². The number of hydrogen-bond donors (Lipinski definition) is 4. The standard InChI is InChI=1S/C19H17N5O6S/c1-10(12-7-6-11(25)8-15(12)26)22-23-19-21-18(28)16(31-19)9-17(27)20-13-4-2-3-5-14(13)24(29)30/h2-8,16,25-26H,9H2,1H3,(H,20,27)(H,21,23,28). The molecule has 0 bridgehead atoms. The Hall–Kier alpha value is -3.93. The predicted octanol–water partition coefficient (Wildman–Crippen LogP) is 2.35. The van der Waals surface area contributed by atoms with Crippen molar-refractivity contribution in [1.82, 2.24) is 5.32 Å². The number of amides is 2. The van der Waals surface area contributed by atoms with E-state index in [1.807, 2.05) is 0 Å². The molecule has 2 aromatic carbocycles. The van der Waals surface area contributed by atoms with E-state index in [0.717, 1.165) is 11.8 Å². The summed E-state index contributed by atoms with van der Waals surface area (Å²) in [6.45, 7) is 1.59. The maximum atomic E-state index is 12.3. The number of nitrogens with one attached hydrogen (secondary N) is 2. The van der Waals surface area contributed by atoms with Crippen LogP contribution in [0, 0.1) is 10.1 Å². The molecule has 31 heavy (non-hydrogen) atoms. The number of nitro groups is 1. The zero-order valence-corrected chi connectivity index (χ0v) is 16.9. The Morgan fingerprint density at radius 3 is 2.74 bits per heavy atom. The average Bonchev–Trinajstić information content (AvgIpc) is 3.05. The molecule has 1 atom stereocenters. The minimum atomic E-state index is -0.779. The van der Waals surface area contributed by atoms with E-state index in [1.165, 1.54) is 36.4 Å². The number of rotatable bonds is 6. The number of nitrogens with zero attached hydrogens (tertiary/aromatic N) is 3. The van der Waals surface area contributed by atoms with Crippen molar-refractivity contribution in [3.63, 3.8) is 0 Å². The molecule has 0 radical (unpaired) electrons. The molecular weight excluding hydrogens is 426 g/mol. The quantitative estimate of drug-likeness (QED) is 0.302. The molecule has 4 N–H and O–H groups in total. The number of para-hydroxylation sites is 2. The first-order chi connectivity index (χ1) is 14.7. The maximum Gasteiger partial charge on any atom is 0.292 e. The predicted molar refractivity (Wildman–Crippen MR) is 115 cm³/mol. The number of phenolic OH excluding ortho intramolecular Hbond substituents is 2. The summed E-state index contributed by atoms with van der Waals surface area (Å²) in [6, 6.07) is 9.73. The van der Waals surface area contributed by atoms with Crippen molar-refractivity contribution < 1.29 is 24.7 Å². The zero-order chi connectivity index (χ0) is 22.5. The van der Waals surface area contributed by atoms with Gasteiger partial charge in [0.2, 0.25) is 11.8 Å². The number of benzene rings is 2. The lowest BCUT2D eigenvalue weighted by Gasteiger charge is -2.07. The summed E-state index contributed by atoms with van der Waals surface area (Å²) in [5.41, 5.74) is 0.502. The Bertz CT molecular complexity index is 1120. The number of hydrogen-bond acceptors (Lipinski definition) is 9. The van der Waals surface area contributed by atoms with Crippen LogP contribution in [0.1, 0.15) is 18.9 Å². The highest BCUT2D eigenvalue weighted by atomic mass is 32.2. The number of carbonyl (C=O) groups excluding carboxylic acids is 2. The molecule has 1 heterocycles. The van der Waals surface area contributed by atoms with E-state index in [1.54, 1.807) is 13.0 Å². The fourth-order valence-electron chi connectivity index (χ4n) is 2.69. The molecule has 12 heteroatoms. The first-order valence-electron chi connectivity index (χ1n) is 8.90. The molecule has 1 aliphatic rings. The molecule has 0 aromatic heterocycles. The fraction of sp³-hybridized carbons (Fsp3) is 0.158. The molecule has 0 saturated carbocycles. The number of aromatic hydroxyl groups is 2. The van der Waals surface area contributed by atoms with Crippen LogP contribution in [0.15, 0.2) is 52.7 Å². The number of carbonyl (C=O) groups is 2. The number of nitro benzene ring substituents is 1. The molecule has 3 rings (SSSR count). The van der Waals surface area contributed by atoms with E-state index in [2.05, 4.69) is 20.8 Å². The van der Waals surface area contributed by atoms with Crippen LogP contribution in [0.25, 0.3) is 0 Å². The number of amidine groups is 1. The monoisotopic (exact) mass is 443 g/mol. The highest BCUT2D eigenvalue weighted by Crippen LogP contribution is 2.27. The highest BCUT2D eigenvalue weighted by Gasteiger charge is 2.32. The summed E-state index contributed by atoms with van der Waals surface area (Å²) in [4.78, 5) is 34.8. The zero-order valence-electron chi connectivity index (χ0n) is 16.1. The minimum Gasteiger partial charge on any atom is -0.508 e. The fourth-order valence-corrected chi connectivity index (χ4v) is 3.61. The molecular formula is C19H17N5O6S. The van der Waals surface area contributed by atoms with Gasteiger partial charge in [0.1, 0.15) is 22.4 Å². The second kappa shape index (κ2) is 9.26. The van der Waals surface area contributed by atoms with Crippen molar-refractivity contribution in [3.8, 4) is 11.5 Å². The third kappa shape index (κ3) is 5.36. The van der Waals surface area contributed by atoms with E-state index in [-0.39, 0.29) is 34.5 Å². The van der Waals surface area contributed by atoms with E-state index < -0.39 is 22.0 Å². The smallest absolute Gasteiger partial charge is 0.292 e. The molecule has 160 valence electrons. The Balaban J connectivity index is 1.65.